The molecule has 2 aromatic heterocycles. The number of furan rings is 1. The zero-order valence-corrected chi connectivity index (χ0v) is 17.7. The van der Waals surface area contributed by atoms with Crippen molar-refractivity contribution < 1.29 is 13.9 Å². The number of carbonyl (C=O) groups is 1. The lowest BCUT2D eigenvalue weighted by Crippen LogP contribution is -2.42. The lowest BCUT2D eigenvalue weighted by atomic mass is 10.0. The van der Waals surface area contributed by atoms with Crippen LogP contribution < -0.4 is 9.64 Å². The zero-order valence-electron chi connectivity index (χ0n) is 16.8. The Morgan fingerprint density at radius 3 is 2.68 bits per heavy atom. The highest BCUT2D eigenvalue weighted by molar-refractivity contribution is 7.99. The van der Waals surface area contributed by atoms with Gasteiger partial charge in [0.1, 0.15) is 12.4 Å². The largest absolute Gasteiger partial charge is 0.489 e. The van der Waals surface area contributed by atoms with Crippen molar-refractivity contribution in [3.8, 4) is 17.3 Å². The highest BCUT2D eigenvalue weighted by Gasteiger charge is 2.33. The molecule has 0 N–H and O–H groups in total. The Morgan fingerprint density at radius 2 is 1.87 bits per heavy atom. The fraction of sp³-hybridized carbons (Fsp3) is 0.174. The Morgan fingerprint density at radius 1 is 1.06 bits per heavy atom. The molecule has 3 heterocycles. The van der Waals surface area contributed by atoms with Gasteiger partial charge in [0.25, 0.3) is 0 Å². The molecule has 5 rings (SSSR count). The zero-order chi connectivity index (χ0) is 21.2. The van der Waals surface area contributed by atoms with E-state index in [0.29, 0.717) is 29.1 Å². The number of anilines is 1. The second-order valence-electron chi connectivity index (χ2n) is 7.10. The van der Waals surface area contributed by atoms with Crippen LogP contribution in [0.4, 0.5) is 5.69 Å². The molecule has 8 heteroatoms. The molecular formula is C23H20N4O3S. The molecule has 0 saturated heterocycles. The summed E-state index contributed by atoms with van der Waals surface area (Å²) in [6, 6.07) is 21.0. The molecule has 0 aliphatic carbocycles. The number of aromatic nitrogens is 3. The molecule has 1 amide bonds. The quantitative estimate of drug-likeness (QED) is 0.437. The third-order valence-corrected chi connectivity index (χ3v) is 6.19. The second-order valence-corrected chi connectivity index (χ2v) is 8.04. The van der Waals surface area contributed by atoms with E-state index in [1.807, 2.05) is 77.2 Å². The molecular weight excluding hydrogens is 412 g/mol. The van der Waals surface area contributed by atoms with Gasteiger partial charge in [-0.25, -0.2) is 0 Å². The van der Waals surface area contributed by atoms with Crippen molar-refractivity contribution in [1.82, 2.24) is 14.8 Å². The standard InChI is InChI=1S/C23H20N4O3S/c1-26-22(20-12-7-13-29-20)24-25-23(26)31-15-21(28)27-17-10-5-6-11-19(17)30-14-18(27)16-8-3-2-4-9-16/h2-13,18H,14-15H2,1H3. The van der Waals surface area contributed by atoms with Crippen LogP contribution in [0.25, 0.3) is 11.6 Å². The van der Waals surface area contributed by atoms with Gasteiger partial charge in [-0.1, -0.05) is 54.2 Å². The van der Waals surface area contributed by atoms with E-state index < -0.39 is 0 Å². The van der Waals surface area contributed by atoms with Gasteiger partial charge in [-0.3, -0.25) is 9.69 Å². The lowest BCUT2D eigenvalue weighted by Gasteiger charge is -2.37. The molecule has 2 aromatic carbocycles. The average Bonchev–Trinajstić information content (AvgIpc) is 3.47. The maximum absolute atomic E-state index is 13.4. The summed E-state index contributed by atoms with van der Waals surface area (Å²) in [6.45, 7) is 0.407. The number of amides is 1. The number of ether oxygens (including phenoxy) is 1. The minimum atomic E-state index is -0.192. The van der Waals surface area contributed by atoms with Gasteiger partial charge in [-0.05, 0) is 29.8 Å². The number of nitrogens with zero attached hydrogens (tertiary/aromatic N) is 4. The van der Waals surface area contributed by atoms with E-state index in [4.69, 9.17) is 9.15 Å². The average molecular weight is 433 g/mol. The van der Waals surface area contributed by atoms with E-state index >= 15 is 0 Å². The highest BCUT2D eigenvalue weighted by Crippen LogP contribution is 2.39. The predicted octanol–water partition coefficient (Wildman–Crippen LogP) is 4.33. The van der Waals surface area contributed by atoms with Crippen LogP contribution in [0.3, 0.4) is 0 Å². The molecule has 156 valence electrons. The van der Waals surface area contributed by atoms with Gasteiger partial charge in [0, 0.05) is 7.05 Å². The summed E-state index contributed by atoms with van der Waals surface area (Å²) < 4.78 is 13.2. The second kappa shape index (κ2) is 8.31. The van der Waals surface area contributed by atoms with Crippen LogP contribution in [-0.4, -0.2) is 33.0 Å². The molecule has 1 aliphatic rings. The first-order valence-electron chi connectivity index (χ1n) is 9.87. The maximum Gasteiger partial charge on any atom is 0.238 e. The molecule has 0 bridgehead atoms. The normalized spacial score (nSPS) is 15.4. The highest BCUT2D eigenvalue weighted by atomic mass is 32.2. The third-order valence-electron chi connectivity index (χ3n) is 5.19. The van der Waals surface area contributed by atoms with Crippen LogP contribution in [0.1, 0.15) is 11.6 Å². The summed E-state index contributed by atoms with van der Waals surface area (Å²) in [5, 5.41) is 9.08. The summed E-state index contributed by atoms with van der Waals surface area (Å²) in [4.78, 5) is 15.3. The first-order chi connectivity index (χ1) is 15.2. The number of para-hydroxylation sites is 2. The maximum atomic E-state index is 13.4. The topological polar surface area (TPSA) is 73.4 Å². The number of fused-ring (bicyclic) bond motifs is 1. The molecule has 4 aromatic rings. The Bertz CT molecular complexity index is 1190. The van der Waals surface area contributed by atoms with E-state index in [9.17, 15) is 4.79 Å². The van der Waals surface area contributed by atoms with E-state index in [-0.39, 0.29) is 17.7 Å². The number of carbonyl (C=O) groups excluding carboxylic acids is 1. The molecule has 1 aliphatic heterocycles. The fourth-order valence-electron chi connectivity index (χ4n) is 3.67. The van der Waals surface area contributed by atoms with Gasteiger partial charge < -0.3 is 13.7 Å². The smallest absolute Gasteiger partial charge is 0.238 e. The SMILES string of the molecule is Cn1c(SCC(=O)N2c3ccccc3OCC2c2ccccc2)nnc1-c1ccco1. The summed E-state index contributed by atoms with van der Waals surface area (Å²) in [5.41, 5.74) is 1.82. The first-order valence-corrected chi connectivity index (χ1v) is 10.9. The van der Waals surface area contributed by atoms with Gasteiger partial charge in [-0.2, -0.15) is 0 Å². The minimum absolute atomic E-state index is 0.0165. The van der Waals surface area contributed by atoms with E-state index in [2.05, 4.69) is 10.2 Å². The summed E-state index contributed by atoms with van der Waals surface area (Å²) >= 11 is 1.35. The van der Waals surface area contributed by atoms with Crippen LogP contribution in [-0.2, 0) is 11.8 Å². The molecule has 1 unspecified atom stereocenters. The van der Waals surface area contributed by atoms with Gasteiger partial charge in [0.2, 0.25) is 5.91 Å². The van der Waals surface area contributed by atoms with Crippen LogP contribution in [0, 0.1) is 0 Å². The molecule has 31 heavy (non-hydrogen) atoms. The van der Waals surface area contributed by atoms with Crippen molar-refractivity contribution in [2.75, 3.05) is 17.3 Å². The molecule has 7 nitrogen and oxygen atoms in total. The fourth-order valence-corrected chi connectivity index (χ4v) is 4.45. The van der Waals surface area contributed by atoms with Gasteiger partial charge in [0.05, 0.1) is 23.7 Å². The van der Waals surface area contributed by atoms with Crippen molar-refractivity contribution >= 4 is 23.4 Å². The molecule has 0 radical (unpaired) electrons. The number of thioether (sulfide) groups is 1. The predicted molar refractivity (Wildman–Crippen MR) is 118 cm³/mol. The third kappa shape index (κ3) is 3.70. The monoisotopic (exact) mass is 432 g/mol. The van der Waals surface area contributed by atoms with Gasteiger partial charge in [0.15, 0.2) is 16.7 Å². The minimum Gasteiger partial charge on any atom is -0.489 e. The van der Waals surface area contributed by atoms with Crippen molar-refractivity contribution in [3.63, 3.8) is 0 Å². The Balaban J connectivity index is 1.40. The van der Waals surface area contributed by atoms with Crippen molar-refractivity contribution in [3.05, 3.63) is 78.6 Å². The molecule has 1 atom stereocenters. The molecule has 0 saturated carbocycles. The van der Waals surface area contributed by atoms with Crippen LogP contribution >= 0.6 is 11.8 Å². The summed E-state index contributed by atoms with van der Waals surface area (Å²) in [6.07, 6.45) is 1.60. The Hall–Kier alpha value is -3.52. The van der Waals surface area contributed by atoms with Crippen LogP contribution in [0.2, 0.25) is 0 Å². The van der Waals surface area contributed by atoms with E-state index in [1.54, 1.807) is 12.3 Å². The van der Waals surface area contributed by atoms with Gasteiger partial charge >= 0.3 is 0 Å². The number of hydrogen-bond acceptors (Lipinski definition) is 6. The Labute approximate surface area is 183 Å². The van der Waals surface area contributed by atoms with Crippen molar-refractivity contribution in [1.29, 1.82) is 0 Å². The van der Waals surface area contributed by atoms with Crippen molar-refractivity contribution in [2.24, 2.45) is 7.05 Å². The van der Waals surface area contributed by atoms with E-state index in [0.717, 1.165) is 11.3 Å². The number of hydrogen-bond donors (Lipinski definition) is 0. The molecule has 0 fully saturated rings. The summed E-state index contributed by atoms with van der Waals surface area (Å²) in [7, 11) is 1.86. The lowest BCUT2D eigenvalue weighted by molar-refractivity contribution is -0.117. The number of benzene rings is 2. The van der Waals surface area contributed by atoms with Crippen LogP contribution in [0.15, 0.2) is 82.6 Å². The molecule has 0 spiro atoms. The van der Waals surface area contributed by atoms with Gasteiger partial charge in [-0.15, -0.1) is 10.2 Å². The van der Waals surface area contributed by atoms with Crippen LogP contribution in [0.5, 0.6) is 5.75 Å². The summed E-state index contributed by atoms with van der Waals surface area (Å²) in [5.74, 6) is 2.18. The first kappa shape index (κ1) is 19.4. The van der Waals surface area contributed by atoms with Crippen molar-refractivity contribution in [2.45, 2.75) is 11.2 Å². The van der Waals surface area contributed by atoms with E-state index in [1.165, 1.54) is 11.8 Å². The number of rotatable bonds is 5. The Kier molecular flexibility index (Phi) is 5.21.